The Labute approximate surface area is 149 Å². The lowest BCUT2D eigenvalue weighted by Crippen LogP contribution is -2.17. The summed E-state index contributed by atoms with van der Waals surface area (Å²) >= 11 is 6.02. The molecule has 25 heavy (non-hydrogen) atoms. The van der Waals surface area contributed by atoms with E-state index in [1.54, 1.807) is 18.3 Å². The Morgan fingerprint density at radius 2 is 2.12 bits per heavy atom. The third-order valence-electron chi connectivity index (χ3n) is 3.53. The van der Waals surface area contributed by atoms with Crippen LogP contribution in [0.1, 0.15) is 11.5 Å². The van der Waals surface area contributed by atoms with E-state index in [1.165, 1.54) is 7.11 Å². The largest absolute Gasteiger partial charge is 0.503 e. The second-order valence-electron chi connectivity index (χ2n) is 5.53. The molecule has 2 heterocycles. The van der Waals surface area contributed by atoms with Gasteiger partial charge in [0.1, 0.15) is 5.69 Å². The molecule has 0 radical (unpaired) electrons. The quantitative estimate of drug-likeness (QED) is 0.722. The third kappa shape index (κ3) is 4.07. The smallest absolute Gasteiger partial charge is 0.241 e. The van der Waals surface area contributed by atoms with Crippen molar-refractivity contribution in [2.45, 2.75) is 13.1 Å². The van der Waals surface area contributed by atoms with Gasteiger partial charge < -0.3 is 14.4 Å². The number of nitrogens with zero attached hydrogens (tertiary/aromatic N) is 4. The Morgan fingerprint density at radius 1 is 1.28 bits per heavy atom. The normalized spacial score (nSPS) is 11.0. The van der Waals surface area contributed by atoms with E-state index in [2.05, 4.69) is 15.1 Å². The van der Waals surface area contributed by atoms with Gasteiger partial charge >= 0.3 is 0 Å². The highest BCUT2D eigenvalue weighted by Crippen LogP contribution is 2.35. The molecule has 1 aromatic carbocycles. The fourth-order valence-corrected chi connectivity index (χ4v) is 2.62. The first-order valence-corrected chi connectivity index (χ1v) is 7.92. The SMILES string of the molecule is COc1cc(CN(C)Cc2nc(-c3ccccn3)no2)cc(Cl)c1O. The topological polar surface area (TPSA) is 84.5 Å². The molecule has 0 spiro atoms. The first-order valence-electron chi connectivity index (χ1n) is 7.54. The Kier molecular flexibility index (Phi) is 5.16. The number of phenols is 1. The van der Waals surface area contributed by atoms with E-state index in [0.29, 0.717) is 36.2 Å². The average Bonchev–Trinajstić information content (AvgIpc) is 3.07. The van der Waals surface area contributed by atoms with E-state index in [4.69, 9.17) is 20.9 Å². The van der Waals surface area contributed by atoms with E-state index in [-0.39, 0.29) is 10.8 Å². The molecule has 0 bridgehead atoms. The molecule has 130 valence electrons. The molecule has 0 saturated carbocycles. The summed E-state index contributed by atoms with van der Waals surface area (Å²) in [5.41, 5.74) is 1.56. The van der Waals surface area contributed by atoms with Crippen LogP contribution in [0.4, 0.5) is 0 Å². The number of pyridine rings is 1. The molecule has 0 aliphatic carbocycles. The maximum absolute atomic E-state index is 9.79. The Balaban J connectivity index is 1.68. The molecule has 3 aromatic rings. The third-order valence-corrected chi connectivity index (χ3v) is 3.82. The van der Waals surface area contributed by atoms with Crippen molar-refractivity contribution in [3.05, 3.63) is 53.0 Å². The highest BCUT2D eigenvalue weighted by atomic mass is 35.5. The number of halogens is 1. The monoisotopic (exact) mass is 360 g/mol. The summed E-state index contributed by atoms with van der Waals surface area (Å²) < 4.78 is 10.4. The fourth-order valence-electron chi connectivity index (χ4n) is 2.39. The van der Waals surface area contributed by atoms with Crippen LogP contribution in [0, 0.1) is 0 Å². The second kappa shape index (κ2) is 7.50. The van der Waals surface area contributed by atoms with Crippen molar-refractivity contribution in [1.82, 2.24) is 20.0 Å². The lowest BCUT2D eigenvalue weighted by Gasteiger charge is -2.15. The molecule has 1 N–H and O–H groups in total. The predicted molar refractivity (Wildman–Crippen MR) is 92.4 cm³/mol. The van der Waals surface area contributed by atoms with Crippen LogP contribution in [0.2, 0.25) is 5.02 Å². The molecule has 3 rings (SSSR count). The van der Waals surface area contributed by atoms with Crippen LogP contribution in [-0.4, -0.2) is 39.3 Å². The minimum absolute atomic E-state index is 0.0625. The molecule has 0 aliphatic rings. The summed E-state index contributed by atoms with van der Waals surface area (Å²) in [6, 6.07) is 8.96. The molecule has 2 aromatic heterocycles. The van der Waals surface area contributed by atoms with Crippen LogP contribution in [0.25, 0.3) is 11.5 Å². The minimum Gasteiger partial charge on any atom is -0.503 e. The summed E-state index contributed by atoms with van der Waals surface area (Å²) in [4.78, 5) is 10.5. The van der Waals surface area contributed by atoms with E-state index >= 15 is 0 Å². The van der Waals surface area contributed by atoms with E-state index < -0.39 is 0 Å². The molecule has 7 nitrogen and oxygen atoms in total. The lowest BCUT2D eigenvalue weighted by atomic mass is 10.2. The van der Waals surface area contributed by atoms with Gasteiger partial charge in [-0.2, -0.15) is 4.98 Å². The fraction of sp³-hybridized carbons (Fsp3) is 0.235. The van der Waals surface area contributed by atoms with Gasteiger partial charge in [0.05, 0.1) is 18.7 Å². The number of ether oxygens (including phenoxy) is 1. The number of rotatable bonds is 6. The molecule has 0 atom stereocenters. The van der Waals surface area contributed by atoms with Gasteiger partial charge in [0.2, 0.25) is 11.7 Å². The van der Waals surface area contributed by atoms with Crippen molar-refractivity contribution in [3.8, 4) is 23.0 Å². The Morgan fingerprint density at radius 3 is 2.84 bits per heavy atom. The summed E-state index contributed by atoms with van der Waals surface area (Å²) in [6.45, 7) is 1.03. The number of hydrogen-bond acceptors (Lipinski definition) is 7. The summed E-state index contributed by atoms with van der Waals surface area (Å²) in [5.74, 6) is 1.22. The van der Waals surface area contributed by atoms with Gasteiger partial charge in [-0.1, -0.05) is 22.8 Å². The first kappa shape index (κ1) is 17.2. The molecule has 8 heteroatoms. The number of hydrogen-bond donors (Lipinski definition) is 1. The molecule has 0 aliphatic heterocycles. The average molecular weight is 361 g/mol. The van der Waals surface area contributed by atoms with Crippen LogP contribution in [0.15, 0.2) is 41.1 Å². The maximum Gasteiger partial charge on any atom is 0.241 e. The van der Waals surface area contributed by atoms with Crippen LogP contribution in [0.3, 0.4) is 0 Å². The molecule has 0 unspecified atom stereocenters. The zero-order valence-corrected chi connectivity index (χ0v) is 14.6. The first-order chi connectivity index (χ1) is 12.1. The number of aromatic hydroxyl groups is 1. The van der Waals surface area contributed by atoms with Crippen molar-refractivity contribution >= 4 is 11.6 Å². The summed E-state index contributed by atoms with van der Waals surface area (Å²) in [5, 5.41) is 14.0. The molecule has 0 saturated heterocycles. The number of benzene rings is 1. The van der Waals surface area contributed by atoms with Gasteiger partial charge in [0.15, 0.2) is 11.5 Å². The second-order valence-corrected chi connectivity index (χ2v) is 5.93. The van der Waals surface area contributed by atoms with Gasteiger partial charge in [-0.3, -0.25) is 9.88 Å². The predicted octanol–water partition coefficient (Wildman–Crippen LogP) is 3.13. The van der Waals surface area contributed by atoms with Gasteiger partial charge in [-0.25, -0.2) is 0 Å². The molecular weight excluding hydrogens is 344 g/mol. The van der Waals surface area contributed by atoms with E-state index in [0.717, 1.165) is 5.56 Å². The van der Waals surface area contributed by atoms with Crippen molar-refractivity contribution in [2.24, 2.45) is 0 Å². The zero-order valence-electron chi connectivity index (χ0n) is 13.8. The van der Waals surface area contributed by atoms with Gasteiger partial charge in [0, 0.05) is 12.7 Å². The van der Waals surface area contributed by atoms with Gasteiger partial charge in [-0.15, -0.1) is 0 Å². The Hall–Kier alpha value is -2.64. The van der Waals surface area contributed by atoms with Crippen molar-refractivity contribution in [2.75, 3.05) is 14.2 Å². The molecule has 0 amide bonds. The van der Waals surface area contributed by atoms with Crippen LogP contribution in [0.5, 0.6) is 11.5 Å². The zero-order chi connectivity index (χ0) is 17.8. The highest BCUT2D eigenvalue weighted by molar-refractivity contribution is 6.32. The number of aromatic nitrogens is 3. The van der Waals surface area contributed by atoms with Crippen LogP contribution >= 0.6 is 11.6 Å². The van der Waals surface area contributed by atoms with Gasteiger partial charge in [0.25, 0.3) is 0 Å². The van der Waals surface area contributed by atoms with E-state index in [1.807, 2.05) is 30.1 Å². The number of methoxy groups -OCH3 is 1. The standard InChI is InChI=1S/C17H17ClN4O3/c1-22(9-11-7-12(18)16(23)14(8-11)24-2)10-15-20-17(21-25-15)13-5-3-4-6-19-13/h3-8,23H,9-10H2,1-2H3. The molecular formula is C17H17ClN4O3. The lowest BCUT2D eigenvalue weighted by molar-refractivity contribution is 0.260. The highest BCUT2D eigenvalue weighted by Gasteiger charge is 2.14. The van der Waals surface area contributed by atoms with Crippen LogP contribution in [-0.2, 0) is 13.1 Å². The van der Waals surface area contributed by atoms with Crippen molar-refractivity contribution in [1.29, 1.82) is 0 Å². The van der Waals surface area contributed by atoms with Gasteiger partial charge in [-0.05, 0) is 36.9 Å². The Bertz CT molecular complexity index is 854. The number of phenolic OH excluding ortho intramolecular Hbond substituents is 1. The van der Waals surface area contributed by atoms with Crippen molar-refractivity contribution < 1.29 is 14.4 Å². The summed E-state index contributed by atoms with van der Waals surface area (Å²) in [6.07, 6.45) is 1.68. The van der Waals surface area contributed by atoms with Crippen LogP contribution < -0.4 is 4.74 Å². The van der Waals surface area contributed by atoms with E-state index in [9.17, 15) is 5.11 Å². The maximum atomic E-state index is 9.79. The molecule has 0 fully saturated rings. The summed E-state index contributed by atoms with van der Waals surface area (Å²) in [7, 11) is 3.40. The minimum atomic E-state index is -0.0625. The van der Waals surface area contributed by atoms with Crippen molar-refractivity contribution in [3.63, 3.8) is 0 Å².